The molecule has 0 heterocycles. The number of hydrogen-bond acceptors (Lipinski definition) is 1. The molecule has 0 bridgehead atoms. The SMILES string of the molecule is C(=C\c1ccccc1)/c1ccccc1.CCC(C)N. The van der Waals surface area contributed by atoms with Gasteiger partial charge in [-0.2, -0.15) is 0 Å². The highest BCUT2D eigenvalue weighted by Gasteiger charge is 1.84. The average molecular weight is 253 g/mol. The lowest BCUT2D eigenvalue weighted by atomic mass is 10.1. The molecule has 19 heavy (non-hydrogen) atoms. The van der Waals surface area contributed by atoms with Crippen LogP contribution in [0.2, 0.25) is 0 Å². The van der Waals surface area contributed by atoms with E-state index in [2.05, 4.69) is 43.3 Å². The highest BCUT2D eigenvalue weighted by Crippen LogP contribution is 2.06. The van der Waals surface area contributed by atoms with Gasteiger partial charge in [0.2, 0.25) is 0 Å². The van der Waals surface area contributed by atoms with Crippen molar-refractivity contribution in [3.63, 3.8) is 0 Å². The van der Waals surface area contributed by atoms with Gasteiger partial charge in [-0.25, -0.2) is 0 Å². The summed E-state index contributed by atoms with van der Waals surface area (Å²) in [5.74, 6) is 0. The van der Waals surface area contributed by atoms with Crippen LogP contribution in [0.25, 0.3) is 12.2 Å². The highest BCUT2D eigenvalue weighted by atomic mass is 14.6. The monoisotopic (exact) mass is 253 g/mol. The molecule has 0 aliphatic heterocycles. The van der Waals surface area contributed by atoms with Crippen molar-refractivity contribution in [1.82, 2.24) is 0 Å². The molecule has 0 radical (unpaired) electrons. The first-order chi connectivity index (χ1) is 9.22. The van der Waals surface area contributed by atoms with E-state index in [4.69, 9.17) is 5.73 Å². The first-order valence-corrected chi connectivity index (χ1v) is 6.76. The zero-order chi connectivity index (χ0) is 13.9. The molecule has 0 aliphatic carbocycles. The summed E-state index contributed by atoms with van der Waals surface area (Å²) in [5, 5.41) is 0. The van der Waals surface area contributed by atoms with Crippen molar-refractivity contribution >= 4 is 12.2 Å². The standard InChI is InChI=1S/C14H12.C4H11N/c1-3-7-13(8-4-1)11-12-14-9-5-2-6-10-14;1-3-4(2)5/h1-12H;4H,3,5H2,1-2H3/b12-11+;. The van der Waals surface area contributed by atoms with Crippen molar-refractivity contribution in [3.05, 3.63) is 71.8 Å². The minimum Gasteiger partial charge on any atom is -0.328 e. The third kappa shape index (κ3) is 7.22. The molecule has 2 N–H and O–H groups in total. The third-order valence-electron chi connectivity index (χ3n) is 2.71. The van der Waals surface area contributed by atoms with Gasteiger partial charge in [-0.15, -0.1) is 0 Å². The van der Waals surface area contributed by atoms with Crippen LogP contribution < -0.4 is 5.73 Å². The highest BCUT2D eigenvalue weighted by molar-refractivity contribution is 5.69. The van der Waals surface area contributed by atoms with E-state index in [1.807, 2.05) is 43.3 Å². The van der Waals surface area contributed by atoms with Gasteiger partial charge in [-0.05, 0) is 24.5 Å². The van der Waals surface area contributed by atoms with Gasteiger partial charge in [-0.1, -0.05) is 79.7 Å². The molecule has 1 nitrogen and oxygen atoms in total. The van der Waals surface area contributed by atoms with Gasteiger partial charge >= 0.3 is 0 Å². The molecule has 0 aliphatic rings. The topological polar surface area (TPSA) is 26.0 Å². The molecule has 1 unspecified atom stereocenters. The molecule has 0 saturated carbocycles. The Morgan fingerprint density at radius 3 is 1.42 bits per heavy atom. The Labute approximate surface area is 116 Å². The smallest absolute Gasteiger partial charge is 0.000781 e. The van der Waals surface area contributed by atoms with E-state index < -0.39 is 0 Å². The van der Waals surface area contributed by atoms with Crippen molar-refractivity contribution in [2.24, 2.45) is 5.73 Å². The minimum absolute atomic E-state index is 0.384. The molecule has 0 spiro atoms. The molecular formula is C18H23N. The molecule has 100 valence electrons. The Balaban J connectivity index is 0.000000312. The lowest BCUT2D eigenvalue weighted by Crippen LogP contribution is -2.11. The molecule has 2 aromatic carbocycles. The van der Waals surface area contributed by atoms with E-state index in [0.29, 0.717) is 6.04 Å². The molecule has 2 rings (SSSR count). The minimum atomic E-state index is 0.384. The molecule has 0 amide bonds. The van der Waals surface area contributed by atoms with Gasteiger partial charge in [0.25, 0.3) is 0 Å². The van der Waals surface area contributed by atoms with Crippen molar-refractivity contribution in [1.29, 1.82) is 0 Å². The number of hydrogen-bond donors (Lipinski definition) is 1. The fourth-order valence-electron chi connectivity index (χ4n) is 1.32. The van der Waals surface area contributed by atoms with Crippen LogP contribution in [0.3, 0.4) is 0 Å². The largest absolute Gasteiger partial charge is 0.328 e. The maximum absolute atomic E-state index is 5.29. The van der Waals surface area contributed by atoms with Gasteiger partial charge < -0.3 is 5.73 Å². The van der Waals surface area contributed by atoms with Gasteiger partial charge in [0, 0.05) is 6.04 Å². The molecule has 0 aromatic heterocycles. The summed E-state index contributed by atoms with van der Waals surface area (Å²) >= 11 is 0. The van der Waals surface area contributed by atoms with Crippen molar-refractivity contribution < 1.29 is 0 Å². The van der Waals surface area contributed by atoms with Gasteiger partial charge in [0.05, 0.1) is 0 Å². The lowest BCUT2D eigenvalue weighted by molar-refractivity contribution is 0.715. The van der Waals surface area contributed by atoms with Crippen LogP contribution >= 0.6 is 0 Å². The second-order valence-electron chi connectivity index (χ2n) is 4.54. The lowest BCUT2D eigenvalue weighted by Gasteiger charge is -1.92. The van der Waals surface area contributed by atoms with Crippen LogP contribution in [0, 0.1) is 0 Å². The number of nitrogens with two attached hydrogens (primary N) is 1. The molecule has 2 aromatic rings. The van der Waals surface area contributed by atoms with Crippen molar-refractivity contribution in [2.45, 2.75) is 26.3 Å². The molecule has 1 atom stereocenters. The summed E-state index contributed by atoms with van der Waals surface area (Å²) in [6, 6.07) is 21.0. The third-order valence-corrected chi connectivity index (χ3v) is 2.71. The van der Waals surface area contributed by atoms with Gasteiger partial charge in [0.15, 0.2) is 0 Å². The van der Waals surface area contributed by atoms with E-state index in [9.17, 15) is 0 Å². The van der Waals surface area contributed by atoms with Crippen LogP contribution in [0.4, 0.5) is 0 Å². The van der Waals surface area contributed by atoms with Crippen LogP contribution in [-0.2, 0) is 0 Å². The summed E-state index contributed by atoms with van der Waals surface area (Å²) in [4.78, 5) is 0. The first-order valence-electron chi connectivity index (χ1n) is 6.76. The van der Waals surface area contributed by atoms with Crippen LogP contribution in [0.5, 0.6) is 0 Å². The van der Waals surface area contributed by atoms with Gasteiger partial charge in [-0.3, -0.25) is 0 Å². The van der Waals surface area contributed by atoms with E-state index in [-0.39, 0.29) is 0 Å². The van der Waals surface area contributed by atoms with E-state index in [1.54, 1.807) is 0 Å². The number of rotatable bonds is 3. The van der Waals surface area contributed by atoms with E-state index >= 15 is 0 Å². The summed E-state index contributed by atoms with van der Waals surface area (Å²) in [6.07, 6.45) is 5.32. The Kier molecular flexibility index (Phi) is 7.30. The molecule has 0 saturated heterocycles. The van der Waals surface area contributed by atoms with Crippen LogP contribution in [0.1, 0.15) is 31.4 Å². The van der Waals surface area contributed by atoms with Crippen molar-refractivity contribution in [3.8, 4) is 0 Å². The Bertz CT molecular complexity index is 416. The quantitative estimate of drug-likeness (QED) is 0.795. The van der Waals surface area contributed by atoms with Crippen LogP contribution in [-0.4, -0.2) is 6.04 Å². The summed E-state index contributed by atoms with van der Waals surface area (Å²) in [5.41, 5.74) is 7.76. The zero-order valence-corrected chi connectivity index (χ0v) is 11.8. The Hall–Kier alpha value is -1.86. The summed E-state index contributed by atoms with van der Waals surface area (Å²) in [6.45, 7) is 4.07. The Morgan fingerprint density at radius 2 is 1.16 bits per heavy atom. The second-order valence-corrected chi connectivity index (χ2v) is 4.54. The predicted molar refractivity (Wildman–Crippen MR) is 85.8 cm³/mol. The fourth-order valence-corrected chi connectivity index (χ4v) is 1.32. The summed E-state index contributed by atoms with van der Waals surface area (Å²) < 4.78 is 0. The van der Waals surface area contributed by atoms with Crippen LogP contribution in [0.15, 0.2) is 60.7 Å². The second kappa shape index (κ2) is 9.12. The maximum Gasteiger partial charge on any atom is 0.000781 e. The van der Waals surface area contributed by atoms with E-state index in [0.717, 1.165) is 6.42 Å². The van der Waals surface area contributed by atoms with Crippen molar-refractivity contribution in [2.75, 3.05) is 0 Å². The average Bonchev–Trinajstić information content (AvgIpc) is 2.48. The van der Waals surface area contributed by atoms with E-state index in [1.165, 1.54) is 11.1 Å². The molecular weight excluding hydrogens is 230 g/mol. The summed E-state index contributed by atoms with van der Waals surface area (Å²) in [7, 11) is 0. The number of benzene rings is 2. The van der Waals surface area contributed by atoms with Gasteiger partial charge in [0.1, 0.15) is 0 Å². The Morgan fingerprint density at radius 1 is 0.842 bits per heavy atom. The zero-order valence-electron chi connectivity index (χ0n) is 11.8. The maximum atomic E-state index is 5.29. The first kappa shape index (κ1) is 15.2. The fraction of sp³-hybridized carbons (Fsp3) is 0.222. The molecule has 0 fully saturated rings. The normalized spacial score (nSPS) is 11.7. The predicted octanol–water partition coefficient (Wildman–Crippen LogP) is 4.60. The molecule has 1 heteroatoms.